The third-order valence-electron chi connectivity index (χ3n) is 4.22. The summed E-state index contributed by atoms with van der Waals surface area (Å²) in [5, 5.41) is 3.85. The van der Waals surface area contributed by atoms with Crippen LogP contribution in [0.25, 0.3) is 0 Å². The first-order chi connectivity index (χ1) is 14.8. The Morgan fingerprint density at radius 3 is 2.29 bits per heavy atom. The summed E-state index contributed by atoms with van der Waals surface area (Å²) >= 11 is 0. The third-order valence-corrected chi connectivity index (χ3v) is 5.46. The van der Waals surface area contributed by atoms with Gasteiger partial charge in [-0.1, -0.05) is 24.3 Å². The van der Waals surface area contributed by atoms with E-state index >= 15 is 0 Å². The van der Waals surface area contributed by atoms with Crippen molar-refractivity contribution in [1.29, 1.82) is 0 Å². The summed E-state index contributed by atoms with van der Waals surface area (Å²) < 4.78 is 31.6. The van der Waals surface area contributed by atoms with Crippen LogP contribution in [0.2, 0.25) is 0 Å². The number of carbonyl (C=O) groups is 1. The molecule has 3 rings (SSSR count). The molecule has 1 heterocycles. The third kappa shape index (κ3) is 6.13. The number of hydrazone groups is 1. The van der Waals surface area contributed by atoms with E-state index < -0.39 is 22.0 Å². The van der Waals surface area contributed by atoms with Gasteiger partial charge in [0.2, 0.25) is 10.0 Å². The Hall–Kier alpha value is -3.72. The highest BCUT2D eigenvalue weighted by molar-refractivity contribution is 7.92. The van der Waals surface area contributed by atoms with Crippen LogP contribution in [0.4, 0.5) is 5.69 Å². The molecule has 3 aromatic rings. The quantitative estimate of drug-likeness (QED) is 0.430. The number of para-hydroxylation sites is 1. The number of aromatic nitrogens is 1. The molecule has 0 aliphatic carbocycles. The van der Waals surface area contributed by atoms with Gasteiger partial charge in [0.15, 0.2) is 0 Å². The van der Waals surface area contributed by atoms with Gasteiger partial charge in [0.25, 0.3) is 5.91 Å². The lowest BCUT2D eigenvalue weighted by molar-refractivity contribution is -0.121. The summed E-state index contributed by atoms with van der Waals surface area (Å²) in [6, 6.07) is 19.9. The fraction of sp³-hybridized carbons (Fsp3) is 0.136. The second kappa shape index (κ2) is 9.86. The van der Waals surface area contributed by atoms with Crippen LogP contribution >= 0.6 is 0 Å². The van der Waals surface area contributed by atoms with E-state index in [-0.39, 0.29) is 0 Å². The topological polar surface area (TPSA) is 101 Å². The van der Waals surface area contributed by atoms with Crippen LogP contribution in [0.3, 0.4) is 0 Å². The number of pyridine rings is 1. The SMILES string of the molecule is C[C@H](C(=O)N/N=C\c1ccccn1)N(c1ccc(Oc2ccccc2)cc1)S(C)(=O)=O. The monoisotopic (exact) mass is 438 g/mol. The number of amides is 1. The van der Waals surface area contributed by atoms with E-state index in [1.165, 1.54) is 13.1 Å². The Morgan fingerprint density at radius 1 is 1.03 bits per heavy atom. The Bertz CT molecular complexity index is 1140. The van der Waals surface area contributed by atoms with Gasteiger partial charge < -0.3 is 4.74 Å². The summed E-state index contributed by atoms with van der Waals surface area (Å²) in [4.78, 5) is 16.6. The highest BCUT2D eigenvalue weighted by Crippen LogP contribution is 2.26. The molecule has 8 nitrogen and oxygen atoms in total. The minimum Gasteiger partial charge on any atom is -0.457 e. The van der Waals surface area contributed by atoms with E-state index in [1.807, 2.05) is 30.3 Å². The molecule has 0 unspecified atom stereocenters. The molecule has 1 atom stereocenters. The number of anilines is 1. The van der Waals surface area contributed by atoms with Gasteiger partial charge in [-0.2, -0.15) is 5.10 Å². The Labute approximate surface area is 181 Å². The molecule has 2 aromatic carbocycles. The van der Waals surface area contributed by atoms with Gasteiger partial charge in [0.05, 0.1) is 23.9 Å². The van der Waals surface area contributed by atoms with Crippen molar-refractivity contribution in [2.24, 2.45) is 5.10 Å². The number of hydrogen-bond acceptors (Lipinski definition) is 6. The maximum Gasteiger partial charge on any atom is 0.263 e. The second-order valence-corrected chi connectivity index (χ2v) is 8.49. The van der Waals surface area contributed by atoms with E-state index in [0.717, 1.165) is 10.6 Å². The predicted molar refractivity (Wildman–Crippen MR) is 120 cm³/mol. The summed E-state index contributed by atoms with van der Waals surface area (Å²) in [5.41, 5.74) is 3.25. The zero-order chi connectivity index (χ0) is 22.3. The van der Waals surface area contributed by atoms with Crippen molar-refractivity contribution < 1.29 is 17.9 Å². The first kappa shape index (κ1) is 22.0. The molecule has 0 bridgehead atoms. The van der Waals surface area contributed by atoms with Crippen LogP contribution in [-0.4, -0.2) is 37.8 Å². The Morgan fingerprint density at radius 2 is 1.68 bits per heavy atom. The lowest BCUT2D eigenvalue weighted by Gasteiger charge is -2.27. The van der Waals surface area contributed by atoms with Gasteiger partial charge in [-0.05, 0) is 55.5 Å². The zero-order valence-electron chi connectivity index (χ0n) is 17.0. The molecule has 31 heavy (non-hydrogen) atoms. The fourth-order valence-corrected chi connectivity index (χ4v) is 3.98. The van der Waals surface area contributed by atoms with Crippen LogP contribution < -0.4 is 14.5 Å². The Balaban J connectivity index is 1.73. The molecule has 1 N–H and O–H groups in total. The number of benzene rings is 2. The Kier molecular flexibility index (Phi) is 6.99. The van der Waals surface area contributed by atoms with E-state index in [2.05, 4.69) is 15.5 Å². The number of nitrogens with one attached hydrogen (secondary N) is 1. The van der Waals surface area contributed by atoms with Crippen molar-refractivity contribution in [1.82, 2.24) is 10.4 Å². The average Bonchev–Trinajstić information content (AvgIpc) is 2.75. The molecule has 0 saturated heterocycles. The second-order valence-electron chi connectivity index (χ2n) is 6.63. The molecule has 160 valence electrons. The van der Waals surface area contributed by atoms with Crippen LogP contribution in [0.1, 0.15) is 12.6 Å². The molecule has 0 spiro atoms. The van der Waals surface area contributed by atoms with Crippen LogP contribution in [0.5, 0.6) is 11.5 Å². The van der Waals surface area contributed by atoms with E-state index in [4.69, 9.17) is 4.74 Å². The molecule has 0 aliphatic rings. The molecule has 0 saturated carbocycles. The summed E-state index contributed by atoms with van der Waals surface area (Å²) in [7, 11) is -3.74. The maximum atomic E-state index is 12.5. The van der Waals surface area contributed by atoms with Gasteiger partial charge >= 0.3 is 0 Å². The largest absolute Gasteiger partial charge is 0.457 e. The summed E-state index contributed by atoms with van der Waals surface area (Å²) in [5.74, 6) is 0.622. The lowest BCUT2D eigenvalue weighted by Crippen LogP contribution is -2.46. The number of sulfonamides is 1. The molecule has 1 amide bonds. The first-order valence-corrected chi connectivity index (χ1v) is 11.3. The standard InChI is InChI=1S/C22H22N4O4S/c1-17(22(27)25-24-16-18-8-6-7-15-23-18)26(31(2,28)29)19-11-13-21(14-12-19)30-20-9-4-3-5-10-20/h3-17H,1-2H3,(H,25,27)/b24-16-/t17-/m1/s1. The van der Waals surface area contributed by atoms with Gasteiger partial charge in [-0.3, -0.25) is 14.1 Å². The van der Waals surface area contributed by atoms with Crippen molar-refractivity contribution in [3.05, 3.63) is 84.7 Å². The van der Waals surface area contributed by atoms with Gasteiger partial charge in [0, 0.05) is 6.20 Å². The minimum absolute atomic E-state index is 0.333. The minimum atomic E-state index is -3.74. The number of hydrogen-bond donors (Lipinski definition) is 1. The lowest BCUT2D eigenvalue weighted by atomic mass is 10.2. The van der Waals surface area contributed by atoms with E-state index in [9.17, 15) is 13.2 Å². The van der Waals surface area contributed by atoms with Crippen molar-refractivity contribution in [2.75, 3.05) is 10.6 Å². The normalized spacial score (nSPS) is 12.3. The van der Waals surface area contributed by atoms with Crippen LogP contribution in [-0.2, 0) is 14.8 Å². The van der Waals surface area contributed by atoms with Crippen LogP contribution in [0, 0.1) is 0 Å². The smallest absolute Gasteiger partial charge is 0.263 e. The van der Waals surface area contributed by atoms with E-state index in [0.29, 0.717) is 22.9 Å². The van der Waals surface area contributed by atoms with Crippen molar-refractivity contribution in [2.45, 2.75) is 13.0 Å². The van der Waals surface area contributed by atoms with Crippen molar-refractivity contribution in [3.63, 3.8) is 0 Å². The van der Waals surface area contributed by atoms with Gasteiger partial charge in [-0.15, -0.1) is 0 Å². The van der Waals surface area contributed by atoms with Gasteiger partial charge in [-0.25, -0.2) is 13.8 Å². The molecular formula is C22H22N4O4S. The number of nitrogens with zero attached hydrogens (tertiary/aromatic N) is 3. The first-order valence-electron chi connectivity index (χ1n) is 9.41. The highest BCUT2D eigenvalue weighted by Gasteiger charge is 2.29. The maximum absolute atomic E-state index is 12.5. The molecule has 9 heteroatoms. The molecular weight excluding hydrogens is 416 g/mol. The number of ether oxygens (including phenoxy) is 1. The van der Waals surface area contributed by atoms with Gasteiger partial charge in [0.1, 0.15) is 17.5 Å². The molecule has 1 aromatic heterocycles. The highest BCUT2D eigenvalue weighted by atomic mass is 32.2. The molecule has 0 aliphatic heterocycles. The average molecular weight is 439 g/mol. The number of rotatable bonds is 8. The summed E-state index contributed by atoms with van der Waals surface area (Å²) in [6.07, 6.45) is 4.02. The van der Waals surface area contributed by atoms with Crippen molar-refractivity contribution >= 4 is 27.8 Å². The van der Waals surface area contributed by atoms with Crippen LogP contribution in [0.15, 0.2) is 84.1 Å². The fourth-order valence-electron chi connectivity index (χ4n) is 2.80. The van der Waals surface area contributed by atoms with E-state index in [1.54, 1.807) is 48.7 Å². The van der Waals surface area contributed by atoms with Crippen molar-refractivity contribution in [3.8, 4) is 11.5 Å². The summed E-state index contributed by atoms with van der Waals surface area (Å²) in [6.45, 7) is 1.49. The zero-order valence-corrected chi connectivity index (χ0v) is 17.9. The molecule has 0 radical (unpaired) electrons. The number of carbonyl (C=O) groups excluding carboxylic acids is 1. The molecule has 0 fully saturated rings. The predicted octanol–water partition coefficient (Wildman–Crippen LogP) is 3.18.